The first-order valence-electron chi connectivity index (χ1n) is 7.00. The lowest BCUT2D eigenvalue weighted by atomic mass is 10.0. The van der Waals surface area contributed by atoms with Crippen LogP contribution in [0.4, 0.5) is 0 Å². The fourth-order valence-corrected chi connectivity index (χ4v) is 3.07. The molecule has 1 aliphatic carbocycles. The summed E-state index contributed by atoms with van der Waals surface area (Å²) in [5.41, 5.74) is 9.20. The van der Waals surface area contributed by atoms with Crippen molar-refractivity contribution >= 4 is 0 Å². The Morgan fingerprint density at radius 2 is 1.70 bits per heavy atom. The second-order valence-electron chi connectivity index (χ2n) is 5.58. The largest absolute Gasteiger partial charge is 0.464 e. The number of hydrogen-bond acceptors (Lipinski definition) is 1. The third kappa shape index (κ3) is 1.56. The molecule has 3 aromatic rings. The molecule has 0 amide bonds. The van der Waals surface area contributed by atoms with Crippen LogP contribution in [0.15, 0.2) is 53.1 Å². The van der Waals surface area contributed by atoms with Gasteiger partial charge in [-0.1, -0.05) is 36.4 Å². The number of benzene rings is 2. The lowest BCUT2D eigenvalue weighted by molar-refractivity contribution is 0.579. The van der Waals surface area contributed by atoms with Gasteiger partial charge < -0.3 is 4.42 Å². The van der Waals surface area contributed by atoms with Crippen molar-refractivity contribution in [3.8, 4) is 22.5 Å². The summed E-state index contributed by atoms with van der Waals surface area (Å²) < 4.78 is 5.72. The van der Waals surface area contributed by atoms with E-state index in [1.807, 2.05) is 6.26 Å². The van der Waals surface area contributed by atoms with Gasteiger partial charge in [0.1, 0.15) is 5.76 Å². The Balaban J connectivity index is 1.85. The minimum absolute atomic E-state index is 1.00. The van der Waals surface area contributed by atoms with Gasteiger partial charge in [0, 0.05) is 5.56 Å². The van der Waals surface area contributed by atoms with E-state index >= 15 is 0 Å². The van der Waals surface area contributed by atoms with Crippen LogP contribution in [0.25, 0.3) is 22.5 Å². The molecular formula is C19H16O. The third-order valence-electron chi connectivity index (χ3n) is 4.34. The van der Waals surface area contributed by atoms with Crippen molar-refractivity contribution in [1.82, 2.24) is 0 Å². The Morgan fingerprint density at radius 3 is 2.50 bits per heavy atom. The van der Waals surface area contributed by atoms with Gasteiger partial charge in [-0.15, -0.1) is 0 Å². The monoisotopic (exact) mass is 260 g/mol. The van der Waals surface area contributed by atoms with Crippen molar-refractivity contribution in [2.24, 2.45) is 0 Å². The highest BCUT2D eigenvalue weighted by Crippen LogP contribution is 2.39. The zero-order valence-corrected chi connectivity index (χ0v) is 11.7. The summed E-state index contributed by atoms with van der Waals surface area (Å²) in [4.78, 5) is 0. The van der Waals surface area contributed by atoms with Crippen LogP contribution in [0.5, 0.6) is 0 Å². The second kappa shape index (κ2) is 4.11. The molecule has 0 fully saturated rings. The van der Waals surface area contributed by atoms with Crippen molar-refractivity contribution < 1.29 is 4.42 Å². The molecule has 1 heterocycles. The highest BCUT2D eigenvalue weighted by Gasteiger charge is 2.19. The number of fused-ring (bicyclic) bond motifs is 3. The van der Waals surface area contributed by atoms with Crippen LogP contribution in [-0.2, 0) is 6.42 Å². The van der Waals surface area contributed by atoms with Gasteiger partial charge in [0.15, 0.2) is 0 Å². The van der Waals surface area contributed by atoms with Gasteiger partial charge in [-0.05, 0) is 59.7 Å². The molecule has 0 atom stereocenters. The van der Waals surface area contributed by atoms with Crippen LogP contribution < -0.4 is 0 Å². The Bertz CT molecular complexity index is 808. The number of furan rings is 1. The van der Waals surface area contributed by atoms with Crippen molar-refractivity contribution in [3.05, 3.63) is 71.0 Å². The maximum atomic E-state index is 5.72. The molecule has 4 rings (SSSR count). The predicted octanol–water partition coefficient (Wildman–Crippen LogP) is 5.13. The van der Waals surface area contributed by atoms with Gasteiger partial charge in [-0.25, -0.2) is 0 Å². The van der Waals surface area contributed by atoms with Gasteiger partial charge in [-0.2, -0.15) is 0 Å². The Labute approximate surface area is 118 Å². The van der Waals surface area contributed by atoms with Crippen LogP contribution in [-0.4, -0.2) is 0 Å². The fraction of sp³-hybridized carbons (Fsp3) is 0.158. The second-order valence-corrected chi connectivity index (χ2v) is 5.58. The van der Waals surface area contributed by atoms with Crippen LogP contribution >= 0.6 is 0 Å². The summed E-state index contributed by atoms with van der Waals surface area (Å²) in [6.07, 6.45) is 2.87. The van der Waals surface area contributed by atoms with E-state index in [4.69, 9.17) is 4.42 Å². The topological polar surface area (TPSA) is 13.1 Å². The average molecular weight is 260 g/mol. The molecule has 0 N–H and O–H groups in total. The van der Waals surface area contributed by atoms with Gasteiger partial charge in [0.05, 0.1) is 6.26 Å². The van der Waals surface area contributed by atoms with E-state index in [2.05, 4.69) is 56.3 Å². The molecule has 20 heavy (non-hydrogen) atoms. The zero-order chi connectivity index (χ0) is 13.7. The maximum absolute atomic E-state index is 5.72. The van der Waals surface area contributed by atoms with Crippen molar-refractivity contribution in [2.75, 3.05) is 0 Å². The summed E-state index contributed by atoms with van der Waals surface area (Å²) in [6.45, 7) is 4.21. The minimum Gasteiger partial charge on any atom is -0.464 e. The van der Waals surface area contributed by atoms with Gasteiger partial charge in [-0.3, -0.25) is 0 Å². The Morgan fingerprint density at radius 1 is 0.900 bits per heavy atom. The lowest BCUT2D eigenvalue weighted by Gasteiger charge is -2.04. The first kappa shape index (κ1) is 11.5. The Hall–Kier alpha value is -2.28. The molecule has 0 aliphatic heterocycles. The molecule has 98 valence electrons. The van der Waals surface area contributed by atoms with Crippen LogP contribution in [0, 0.1) is 13.8 Å². The molecule has 0 spiro atoms. The molecule has 0 radical (unpaired) electrons. The smallest absolute Gasteiger partial charge is 0.137 e. The van der Waals surface area contributed by atoms with Crippen LogP contribution in [0.3, 0.4) is 0 Å². The summed E-state index contributed by atoms with van der Waals surface area (Å²) in [5.74, 6) is 1.00. The number of aryl methyl sites for hydroxylation is 1. The molecule has 0 saturated heterocycles. The molecule has 2 aromatic carbocycles. The van der Waals surface area contributed by atoms with Crippen LogP contribution in [0.2, 0.25) is 0 Å². The van der Waals surface area contributed by atoms with Crippen LogP contribution in [0.1, 0.15) is 22.3 Å². The zero-order valence-electron chi connectivity index (χ0n) is 11.7. The van der Waals surface area contributed by atoms with E-state index in [-0.39, 0.29) is 0 Å². The van der Waals surface area contributed by atoms with E-state index in [0.717, 1.165) is 12.2 Å². The van der Waals surface area contributed by atoms with E-state index in [0.29, 0.717) is 0 Å². The minimum atomic E-state index is 1.00. The molecule has 1 nitrogen and oxygen atoms in total. The van der Waals surface area contributed by atoms with E-state index in [1.165, 1.54) is 38.9 Å². The molecule has 1 aromatic heterocycles. The van der Waals surface area contributed by atoms with E-state index in [1.54, 1.807) is 0 Å². The predicted molar refractivity (Wildman–Crippen MR) is 81.9 cm³/mol. The number of hydrogen-bond donors (Lipinski definition) is 0. The van der Waals surface area contributed by atoms with Crippen molar-refractivity contribution in [2.45, 2.75) is 20.3 Å². The van der Waals surface area contributed by atoms with E-state index < -0.39 is 0 Å². The van der Waals surface area contributed by atoms with E-state index in [9.17, 15) is 0 Å². The van der Waals surface area contributed by atoms with Gasteiger partial charge >= 0.3 is 0 Å². The summed E-state index contributed by atoms with van der Waals surface area (Å²) in [6, 6.07) is 15.3. The lowest BCUT2D eigenvalue weighted by Crippen LogP contribution is -1.84. The fourth-order valence-electron chi connectivity index (χ4n) is 3.07. The molecule has 1 heteroatoms. The first-order valence-corrected chi connectivity index (χ1v) is 7.00. The van der Waals surface area contributed by atoms with Crippen molar-refractivity contribution in [3.63, 3.8) is 0 Å². The first-order chi connectivity index (χ1) is 9.74. The summed E-state index contributed by atoms with van der Waals surface area (Å²) >= 11 is 0. The molecule has 0 saturated carbocycles. The van der Waals surface area contributed by atoms with Crippen molar-refractivity contribution in [1.29, 1.82) is 0 Å². The highest BCUT2D eigenvalue weighted by molar-refractivity contribution is 5.79. The molecular weight excluding hydrogens is 244 g/mol. The molecule has 0 unspecified atom stereocenters. The SMILES string of the molecule is Cc1coc(-c2ccc3c(c2)Cc2ccccc2-3)c1C. The summed E-state index contributed by atoms with van der Waals surface area (Å²) in [5, 5.41) is 0. The molecule has 0 bridgehead atoms. The van der Waals surface area contributed by atoms with Gasteiger partial charge in [0.2, 0.25) is 0 Å². The third-order valence-corrected chi connectivity index (χ3v) is 4.34. The standard InChI is InChI=1S/C19H16O/c1-12-11-20-19(13(12)2)15-7-8-18-16(10-15)9-14-5-3-4-6-17(14)18/h3-8,10-11H,9H2,1-2H3. The maximum Gasteiger partial charge on any atom is 0.137 e. The van der Waals surface area contributed by atoms with Gasteiger partial charge in [0.25, 0.3) is 0 Å². The molecule has 1 aliphatic rings. The quantitative estimate of drug-likeness (QED) is 0.462. The highest BCUT2D eigenvalue weighted by atomic mass is 16.3. The number of rotatable bonds is 1. The Kier molecular flexibility index (Phi) is 2.37. The normalized spacial score (nSPS) is 12.3. The summed E-state index contributed by atoms with van der Waals surface area (Å²) in [7, 11) is 0. The average Bonchev–Trinajstić information content (AvgIpc) is 2.99.